The fourth-order valence-corrected chi connectivity index (χ4v) is 1.71. The molecule has 0 atom stereocenters. The minimum absolute atomic E-state index is 0.284. The summed E-state index contributed by atoms with van der Waals surface area (Å²) in [5.41, 5.74) is 8.07. The number of pyridine rings is 1. The summed E-state index contributed by atoms with van der Waals surface area (Å²) in [6.45, 7) is 2.52. The summed E-state index contributed by atoms with van der Waals surface area (Å²) in [6, 6.07) is 8.18. The predicted octanol–water partition coefficient (Wildman–Crippen LogP) is 2.57. The van der Waals surface area contributed by atoms with Crippen molar-refractivity contribution in [3.05, 3.63) is 59.2 Å². The molecule has 0 aliphatic heterocycles. The van der Waals surface area contributed by atoms with Gasteiger partial charge >= 0.3 is 0 Å². The van der Waals surface area contributed by atoms with Gasteiger partial charge in [-0.2, -0.15) is 0 Å². The van der Waals surface area contributed by atoms with Gasteiger partial charge in [0, 0.05) is 12.7 Å². The Balaban J connectivity index is 2.15. The van der Waals surface area contributed by atoms with Crippen LogP contribution in [0, 0.1) is 12.7 Å². The molecular formula is C14H15FN2O. The molecule has 0 aliphatic rings. The molecule has 0 amide bonds. The average Bonchev–Trinajstić information content (AvgIpc) is 2.38. The smallest absolute Gasteiger partial charge is 0.141 e. The van der Waals surface area contributed by atoms with E-state index >= 15 is 0 Å². The van der Waals surface area contributed by atoms with E-state index in [0.717, 1.165) is 16.8 Å². The number of benzene rings is 1. The molecule has 18 heavy (non-hydrogen) atoms. The molecule has 4 heteroatoms. The maximum Gasteiger partial charge on any atom is 0.141 e. The second-order valence-corrected chi connectivity index (χ2v) is 3.99. The van der Waals surface area contributed by atoms with E-state index in [2.05, 4.69) is 4.98 Å². The summed E-state index contributed by atoms with van der Waals surface area (Å²) in [7, 11) is 0. The monoisotopic (exact) mass is 246 g/mol. The fourth-order valence-electron chi connectivity index (χ4n) is 1.71. The number of aryl methyl sites for hydroxylation is 1. The number of halogens is 1. The lowest BCUT2D eigenvalue weighted by molar-refractivity contribution is 0.300. The minimum atomic E-state index is -0.284. The number of nitrogens with zero attached hydrogens (tertiary/aromatic N) is 1. The van der Waals surface area contributed by atoms with E-state index < -0.39 is 0 Å². The summed E-state index contributed by atoms with van der Waals surface area (Å²) < 4.78 is 18.8. The van der Waals surface area contributed by atoms with E-state index in [1.807, 2.05) is 13.0 Å². The first-order valence-corrected chi connectivity index (χ1v) is 5.72. The van der Waals surface area contributed by atoms with Gasteiger partial charge in [0.1, 0.15) is 18.2 Å². The van der Waals surface area contributed by atoms with Crippen LogP contribution >= 0.6 is 0 Å². The number of rotatable bonds is 4. The second kappa shape index (κ2) is 5.60. The van der Waals surface area contributed by atoms with Gasteiger partial charge in [-0.1, -0.05) is 6.07 Å². The van der Waals surface area contributed by atoms with Gasteiger partial charge in [0.25, 0.3) is 0 Å². The summed E-state index contributed by atoms with van der Waals surface area (Å²) in [5.74, 6) is 0.415. The summed E-state index contributed by atoms with van der Waals surface area (Å²) >= 11 is 0. The van der Waals surface area contributed by atoms with Crippen LogP contribution in [0.2, 0.25) is 0 Å². The number of nitrogens with two attached hydrogens (primary N) is 1. The Kier molecular flexibility index (Phi) is 3.89. The quantitative estimate of drug-likeness (QED) is 0.902. The molecule has 0 aliphatic carbocycles. The van der Waals surface area contributed by atoms with Crippen LogP contribution < -0.4 is 10.5 Å². The predicted molar refractivity (Wildman–Crippen MR) is 67.6 cm³/mol. The minimum Gasteiger partial charge on any atom is -0.487 e. The maximum atomic E-state index is 13.2. The van der Waals surface area contributed by atoms with Gasteiger partial charge in [-0.25, -0.2) is 4.39 Å². The fraction of sp³-hybridized carbons (Fsp3) is 0.214. The van der Waals surface area contributed by atoms with Crippen LogP contribution in [0.5, 0.6) is 5.75 Å². The number of hydrogen-bond acceptors (Lipinski definition) is 3. The summed E-state index contributed by atoms with van der Waals surface area (Å²) in [5, 5.41) is 0. The van der Waals surface area contributed by atoms with Crippen molar-refractivity contribution in [3.8, 4) is 5.75 Å². The highest BCUT2D eigenvalue weighted by atomic mass is 19.1. The zero-order valence-electron chi connectivity index (χ0n) is 10.2. The van der Waals surface area contributed by atoms with Crippen LogP contribution in [0.1, 0.15) is 16.8 Å². The molecule has 2 aromatic rings. The van der Waals surface area contributed by atoms with Crippen LogP contribution in [-0.2, 0) is 13.2 Å². The molecule has 0 fully saturated rings. The zero-order valence-corrected chi connectivity index (χ0v) is 10.2. The van der Waals surface area contributed by atoms with Crippen molar-refractivity contribution in [2.45, 2.75) is 20.1 Å². The highest BCUT2D eigenvalue weighted by Crippen LogP contribution is 2.18. The lowest BCUT2D eigenvalue weighted by Crippen LogP contribution is -2.06. The first kappa shape index (κ1) is 12.5. The van der Waals surface area contributed by atoms with E-state index in [9.17, 15) is 4.39 Å². The van der Waals surface area contributed by atoms with Gasteiger partial charge in [0.05, 0.1) is 5.69 Å². The lowest BCUT2D eigenvalue weighted by atomic mass is 10.1. The molecule has 1 aromatic carbocycles. The molecule has 3 nitrogen and oxygen atoms in total. The molecule has 0 unspecified atom stereocenters. The molecule has 2 N–H and O–H groups in total. The third-order valence-corrected chi connectivity index (χ3v) is 2.73. The molecular weight excluding hydrogens is 231 g/mol. The Bertz CT molecular complexity index is 543. The van der Waals surface area contributed by atoms with Crippen LogP contribution in [0.15, 0.2) is 36.5 Å². The largest absolute Gasteiger partial charge is 0.487 e. The van der Waals surface area contributed by atoms with Gasteiger partial charge in [-0.05, 0) is 42.3 Å². The van der Waals surface area contributed by atoms with Gasteiger partial charge in [-0.3, -0.25) is 4.98 Å². The highest BCUT2D eigenvalue weighted by molar-refractivity contribution is 5.29. The second-order valence-electron chi connectivity index (χ2n) is 3.99. The molecule has 0 radical (unpaired) electrons. The summed E-state index contributed by atoms with van der Waals surface area (Å²) in [4.78, 5) is 4.13. The highest BCUT2D eigenvalue weighted by Gasteiger charge is 2.05. The van der Waals surface area contributed by atoms with E-state index in [4.69, 9.17) is 10.5 Å². The molecule has 94 valence electrons. The Hall–Kier alpha value is -1.94. The van der Waals surface area contributed by atoms with Crippen molar-refractivity contribution >= 4 is 0 Å². The van der Waals surface area contributed by atoms with E-state index in [-0.39, 0.29) is 12.4 Å². The Morgan fingerprint density at radius 1 is 1.28 bits per heavy atom. The van der Waals surface area contributed by atoms with E-state index in [0.29, 0.717) is 12.3 Å². The van der Waals surface area contributed by atoms with Crippen molar-refractivity contribution < 1.29 is 9.13 Å². The third kappa shape index (κ3) is 2.84. The Labute approximate surface area is 105 Å². The van der Waals surface area contributed by atoms with Crippen LogP contribution in [0.4, 0.5) is 4.39 Å². The van der Waals surface area contributed by atoms with Crippen molar-refractivity contribution in [3.63, 3.8) is 0 Å². The molecule has 1 heterocycles. The van der Waals surface area contributed by atoms with Gasteiger partial charge in [0.15, 0.2) is 0 Å². The molecule has 0 saturated carbocycles. The number of ether oxygens (including phenoxy) is 1. The Morgan fingerprint density at radius 3 is 2.83 bits per heavy atom. The molecule has 1 aromatic heterocycles. The van der Waals surface area contributed by atoms with Gasteiger partial charge < -0.3 is 10.5 Å². The lowest BCUT2D eigenvalue weighted by Gasteiger charge is -2.11. The third-order valence-electron chi connectivity index (χ3n) is 2.73. The van der Waals surface area contributed by atoms with Crippen LogP contribution in [0.25, 0.3) is 0 Å². The standard InChI is InChI=1S/C14H15FN2O/c1-10-14(3-2-6-17-10)18-9-12-7-13(15)5-4-11(12)8-16/h2-7H,8-9,16H2,1H3. The molecule has 0 bridgehead atoms. The van der Waals surface area contributed by atoms with Gasteiger partial charge in [0.2, 0.25) is 0 Å². The zero-order chi connectivity index (χ0) is 13.0. The van der Waals surface area contributed by atoms with Crippen molar-refractivity contribution in [2.24, 2.45) is 5.73 Å². The van der Waals surface area contributed by atoms with Crippen LogP contribution in [-0.4, -0.2) is 4.98 Å². The van der Waals surface area contributed by atoms with Crippen LogP contribution in [0.3, 0.4) is 0 Å². The Morgan fingerprint density at radius 2 is 2.11 bits per heavy atom. The average molecular weight is 246 g/mol. The van der Waals surface area contributed by atoms with Crippen molar-refractivity contribution in [1.82, 2.24) is 4.98 Å². The molecule has 2 rings (SSSR count). The number of hydrogen-bond donors (Lipinski definition) is 1. The normalized spacial score (nSPS) is 10.4. The van der Waals surface area contributed by atoms with E-state index in [1.54, 1.807) is 18.3 Å². The van der Waals surface area contributed by atoms with Gasteiger partial charge in [-0.15, -0.1) is 0 Å². The van der Waals surface area contributed by atoms with E-state index in [1.165, 1.54) is 12.1 Å². The first-order valence-electron chi connectivity index (χ1n) is 5.72. The first-order chi connectivity index (χ1) is 8.70. The molecule has 0 spiro atoms. The van der Waals surface area contributed by atoms with Crippen molar-refractivity contribution in [2.75, 3.05) is 0 Å². The summed E-state index contributed by atoms with van der Waals surface area (Å²) in [6.07, 6.45) is 1.70. The van der Waals surface area contributed by atoms with Crippen molar-refractivity contribution in [1.29, 1.82) is 0 Å². The topological polar surface area (TPSA) is 48.1 Å². The molecule has 0 saturated heterocycles. The SMILES string of the molecule is Cc1ncccc1OCc1cc(F)ccc1CN. The number of aromatic nitrogens is 1. The maximum absolute atomic E-state index is 13.2.